The van der Waals surface area contributed by atoms with Gasteiger partial charge in [-0.25, -0.2) is 9.18 Å². The standard InChI is InChI=1S/C18H15FN2O7/c19-12-5-2-1-4-11(12)18(23)28-10-17(22)20-13-8-15-16(9-14(13)21(24)25)27-7-3-6-26-15/h1-2,4-5,8-9H,3,6-7,10H2,(H,20,22). The summed E-state index contributed by atoms with van der Waals surface area (Å²) in [6.07, 6.45) is 0.607. The lowest BCUT2D eigenvalue weighted by Gasteiger charge is -2.11. The summed E-state index contributed by atoms with van der Waals surface area (Å²) in [5, 5.41) is 13.6. The van der Waals surface area contributed by atoms with E-state index in [4.69, 9.17) is 14.2 Å². The van der Waals surface area contributed by atoms with E-state index in [0.29, 0.717) is 19.6 Å². The van der Waals surface area contributed by atoms with Gasteiger partial charge in [-0.2, -0.15) is 0 Å². The zero-order valence-electron chi connectivity index (χ0n) is 14.5. The molecule has 1 aliphatic heterocycles. The first-order chi connectivity index (χ1) is 13.5. The molecule has 2 aromatic rings. The third kappa shape index (κ3) is 4.34. The molecule has 0 bridgehead atoms. The summed E-state index contributed by atoms with van der Waals surface area (Å²) in [5.74, 6) is -2.19. The largest absolute Gasteiger partial charge is 0.489 e. The molecule has 1 N–H and O–H groups in total. The average Bonchev–Trinajstić information content (AvgIpc) is 2.90. The zero-order chi connectivity index (χ0) is 20.1. The van der Waals surface area contributed by atoms with Crippen LogP contribution in [-0.4, -0.2) is 36.6 Å². The van der Waals surface area contributed by atoms with E-state index in [1.165, 1.54) is 24.3 Å². The Kier molecular flexibility index (Phi) is 5.68. The Morgan fingerprint density at radius 2 is 1.86 bits per heavy atom. The van der Waals surface area contributed by atoms with E-state index in [9.17, 15) is 24.1 Å². The van der Waals surface area contributed by atoms with Crippen molar-refractivity contribution in [3.63, 3.8) is 0 Å². The molecule has 9 nitrogen and oxygen atoms in total. The molecule has 1 heterocycles. The predicted molar refractivity (Wildman–Crippen MR) is 94.0 cm³/mol. The molecule has 0 fully saturated rings. The highest BCUT2D eigenvalue weighted by atomic mass is 19.1. The van der Waals surface area contributed by atoms with E-state index in [0.717, 1.165) is 12.1 Å². The minimum atomic E-state index is -1.03. The Morgan fingerprint density at radius 1 is 1.18 bits per heavy atom. The first-order valence-electron chi connectivity index (χ1n) is 8.25. The fourth-order valence-electron chi connectivity index (χ4n) is 2.47. The number of rotatable bonds is 5. The van der Waals surface area contributed by atoms with Gasteiger partial charge in [0, 0.05) is 12.5 Å². The number of hydrogen-bond donors (Lipinski definition) is 1. The molecule has 1 amide bonds. The number of carbonyl (C=O) groups excluding carboxylic acids is 2. The number of nitrogens with one attached hydrogen (secondary N) is 1. The summed E-state index contributed by atoms with van der Waals surface area (Å²) < 4.78 is 29.1. The van der Waals surface area contributed by atoms with Crippen LogP contribution in [0.2, 0.25) is 0 Å². The number of carbonyl (C=O) groups is 2. The average molecular weight is 390 g/mol. The monoisotopic (exact) mass is 390 g/mol. The molecular formula is C18H15FN2O7. The van der Waals surface area contributed by atoms with Crippen molar-refractivity contribution in [2.24, 2.45) is 0 Å². The van der Waals surface area contributed by atoms with E-state index >= 15 is 0 Å². The SMILES string of the molecule is O=C(COC(=O)c1ccccc1F)Nc1cc2c(cc1[N+](=O)[O-])OCCCO2. The molecule has 0 aromatic heterocycles. The Bertz CT molecular complexity index is 932. The molecule has 146 valence electrons. The quantitative estimate of drug-likeness (QED) is 0.474. The second kappa shape index (κ2) is 8.33. The lowest BCUT2D eigenvalue weighted by atomic mass is 10.2. The number of halogens is 1. The molecule has 0 spiro atoms. The van der Waals surface area contributed by atoms with Crippen LogP contribution in [0.5, 0.6) is 11.5 Å². The summed E-state index contributed by atoms with van der Waals surface area (Å²) in [7, 11) is 0. The Morgan fingerprint density at radius 3 is 2.54 bits per heavy atom. The summed E-state index contributed by atoms with van der Waals surface area (Å²) >= 11 is 0. The molecule has 3 rings (SSSR count). The molecule has 2 aromatic carbocycles. The molecule has 0 radical (unpaired) electrons. The molecule has 0 aliphatic carbocycles. The number of benzene rings is 2. The highest BCUT2D eigenvalue weighted by molar-refractivity contribution is 5.97. The van der Waals surface area contributed by atoms with Crippen LogP contribution in [0.1, 0.15) is 16.8 Å². The summed E-state index contributed by atoms with van der Waals surface area (Å²) in [4.78, 5) is 34.5. The smallest absolute Gasteiger partial charge is 0.341 e. The van der Waals surface area contributed by atoms with Gasteiger partial charge in [0.2, 0.25) is 0 Å². The maximum atomic E-state index is 13.5. The number of nitro groups is 1. The van der Waals surface area contributed by atoms with E-state index in [1.54, 1.807) is 0 Å². The number of esters is 1. The van der Waals surface area contributed by atoms with Crippen molar-refractivity contribution >= 4 is 23.3 Å². The van der Waals surface area contributed by atoms with Crippen molar-refractivity contribution in [1.82, 2.24) is 0 Å². The lowest BCUT2D eigenvalue weighted by molar-refractivity contribution is -0.384. The van der Waals surface area contributed by atoms with Crippen molar-refractivity contribution in [3.8, 4) is 11.5 Å². The molecule has 0 atom stereocenters. The maximum Gasteiger partial charge on any atom is 0.341 e. The van der Waals surface area contributed by atoms with Gasteiger partial charge < -0.3 is 19.5 Å². The minimum Gasteiger partial charge on any atom is -0.489 e. The fourth-order valence-corrected chi connectivity index (χ4v) is 2.47. The number of anilines is 1. The zero-order valence-corrected chi connectivity index (χ0v) is 14.5. The molecular weight excluding hydrogens is 375 g/mol. The highest BCUT2D eigenvalue weighted by Gasteiger charge is 2.23. The van der Waals surface area contributed by atoms with Gasteiger partial charge in [0.25, 0.3) is 11.6 Å². The molecule has 0 saturated carbocycles. The summed E-state index contributed by atoms with van der Waals surface area (Å²) in [6, 6.07) is 7.57. The van der Waals surface area contributed by atoms with Gasteiger partial charge in [-0.3, -0.25) is 14.9 Å². The number of fused-ring (bicyclic) bond motifs is 1. The number of nitro benzene ring substituents is 1. The van der Waals surface area contributed by atoms with Crippen molar-refractivity contribution in [3.05, 3.63) is 57.9 Å². The van der Waals surface area contributed by atoms with Crippen molar-refractivity contribution < 1.29 is 33.1 Å². The van der Waals surface area contributed by atoms with Crippen molar-refractivity contribution in [2.75, 3.05) is 25.1 Å². The predicted octanol–water partition coefficient (Wildman–Crippen LogP) is 2.69. The molecule has 1 aliphatic rings. The normalized spacial score (nSPS) is 12.6. The number of amides is 1. The van der Waals surface area contributed by atoms with E-state index in [-0.39, 0.29) is 22.7 Å². The van der Waals surface area contributed by atoms with Crippen molar-refractivity contribution in [1.29, 1.82) is 0 Å². The van der Waals surface area contributed by atoms with Crippen molar-refractivity contribution in [2.45, 2.75) is 6.42 Å². The second-order valence-electron chi connectivity index (χ2n) is 5.73. The van der Waals surface area contributed by atoms with Crippen LogP contribution in [0.15, 0.2) is 36.4 Å². The van der Waals surface area contributed by atoms with Gasteiger partial charge in [-0.05, 0) is 12.1 Å². The number of hydrogen-bond acceptors (Lipinski definition) is 7. The summed E-state index contributed by atoms with van der Waals surface area (Å²) in [6.45, 7) is -0.0426. The number of ether oxygens (including phenoxy) is 3. The van der Waals surface area contributed by atoms with Gasteiger partial charge in [-0.15, -0.1) is 0 Å². The van der Waals surface area contributed by atoms with Gasteiger partial charge >= 0.3 is 5.97 Å². The molecule has 0 unspecified atom stereocenters. The third-order valence-electron chi connectivity index (χ3n) is 3.76. The Balaban J connectivity index is 1.71. The van der Waals surface area contributed by atoms with E-state index in [2.05, 4.69) is 5.32 Å². The molecule has 0 saturated heterocycles. The lowest BCUT2D eigenvalue weighted by Crippen LogP contribution is -2.22. The third-order valence-corrected chi connectivity index (χ3v) is 3.76. The van der Waals surface area contributed by atoms with Gasteiger partial charge in [0.1, 0.15) is 11.5 Å². The first-order valence-corrected chi connectivity index (χ1v) is 8.25. The topological polar surface area (TPSA) is 117 Å². The van der Waals surface area contributed by atoms with Gasteiger partial charge in [0.05, 0.1) is 29.8 Å². The van der Waals surface area contributed by atoms with Crippen LogP contribution >= 0.6 is 0 Å². The second-order valence-corrected chi connectivity index (χ2v) is 5.73. The van der Waals surface area contributed by atoms with Crippen LogP contribution in [0.3, 0.4) is 0 Å². The van der Waals surface area contributed by atoms with Crippen LogP contribution in [-0.2, 0) is 9.53 Å². The van der Waals surface area contributed by atoms with E-state index in [1.807, 2.05) is 0 Å². The van der Waals surface area contributed by atoms with Gasteiger partial charge in [-0.1, -0.05) is 12.1 Å². The fraction of sp³-hybridized carbons (Fsp3) is 0.222. The number of nitrogens with zero attached hydrogens (tertiary/aromatic N) is 1. The minimum absolute atomic E-state index is 0.138. The Labute approximate surface area is 158 Å². The molecule has 10 heteroatoms. The van der Waals surface area contributed by atoms with Crippen LogP contribution in [0, 0.1) is 15.9 Å². The van der Waals surface area contributed by atoms with Crippen LogP contribution < -0.4 is 14.8 Å². The van der Waals surface area contributed by atoms with Gasteiger partial charge in [0.15, 0.2) is 18.1 Å². The summed E-state index contributed by atoms with van der Waals surface area (Å²) in [5.41, 5.74) is -0.865. The maximum absolute atomic E-state index is 13.5. The first kappa shape index (κ1) is 19.1. The Hall–Kier alpha value is -3.69. The molecule has 28 heavy (non-hydrogen) atoms. The van der Waals surface area contributed by atoms with Crippen LogP contribution in [0.25, 0.3) is 0 Å². The highest BCUT2D eigenvalue weighted by Crippen LogP contribution is 2.39. The van der Waals surface area contributed by atoms with Crippen LogP contribution in [0.4, 0.5) is 15.8 Å². The van der Waals surface area contributed by atoms with E-state index < -0.39 is 34.9 Å².